The van der Waals surface area contributed by atoms with Gasteiger partial charge in [0.15, 0.2) is 0 Å². The van der Waals surface area contributed by atoms with E-state index in [0.29, 0.717) is 26.9 Å². The first-order valence-corrected chi connectivity index (χ1v) is 12.7. The molecule has 0 aromatic heterocycles. The van der Waals surface area contributed by atoms with Crippen LogP contribution in [0.5, 0.6) is 5.75 Å². The molecule has 192 valence electrons. The number of para-hydroxylation sites is 1. The van der Waals surface area contributed by atoms with Crippen molar-refractivity contribution >= 4 is 35.0 Å². The molecular weight excluding hydrogens is 503 g/mol. The van der Waals surface area contributed by atoms with Crippen LogP contribution in [0.25, 0.3) is 0 Å². The molecule has 2 aromatic rings. The number of carbonyl (C=O) groups excluding carboxylic acids is 2. The Morgan fingerprint density at radius 1 is 1.17 bits per heavy atom. The topological polar surface area (TPSA) is 99.1 Å². The molecule has 2 aliphatic rings. The van der Waals surface area contributed by atoms with Gasteiger partial charge in [-0.15, -0.1) is 0 Å². The van der Waals surface area contributed by atoms with Crippen molar-refractivity contribution in [1.29, 1.82) is 0 Å². The van der Waals surface area contributed by atoms with Gasteiger partial charge >= 0.3 is 0 Å². The van der Waals surface area contributed by atoms with Gasteiger partial charge in [0, 0.05) is 40.7 Å². The lowest BCUT2D eigenvalue weighted by Gasteiger charge is -2.41. The Morgan fingerprint density at radius 2 is 1.92 bits per heavy atom. The van der Waals surface area contributed by atoms with Crippen LogP contribution in [0.1, 0.15) is 37.3 Å². The van der Waals surface area contributed by atoms with Gasteiger partial charge in [-0.2, -0.15) is 0 Å². The van der Waals surface area contributed by atoms with Crippen LogP contribution in [0, 0.1) is 5.92 Å². The van der Waals surface area contributed by atoms with Crippen LogP contribution in [-0.2, 0) is 16.1 Å². The molecule has 7 nitrogen and oxygen atoms in total. The summed E-state index contributed by atoms with van der Waals surface area (Å²) in [6, 6.07) is 11.6. The van der Waals surface area contributed by atoms with Crippen molar-refractivity contribution in [1.82, 2.24) is 10.2 Å². The maximum Gasteiger partial charge on any atom is 0.247 e. The molecule has 9 heteroatoms. The summed E-state index contributed by atoms with van der Waals surface area (Å²) in [7, 11) is 0. The van der Waals surface area contributed by atoms with E-state index in [4.69, 9.17) is 27.9 Å². The number of carbonyl (C=O) groups is 2. The Kier molecular flexibility index (Phi) is 8.25. The number of hydrogen-bond donors (Lipinski definition) is 3. The van der Waals surface area contributed by atoms with Crippen LogP contribution < -0.4 is 10.1 Å². The third-order valence-corrected chi connectivity index (χ3v) is 7.08. The maximum absolute atomic E-state index is 13.5. The van der Waals surface area contributed by atoms with Crippen molar-refractivity contribution in [2.75, 3.05) is 13.2 Å². The SMILES string of the molecule is CC(C)CC(=O)N(Cc1ccc(Cl)cc1Cl)[C@@H]1C=C(C(=O)NCCO)[C@@H]2c3ccccc3O[C@@H]2[C@H]1O. The number of benzene rings is 2. The summed E-state index contributed by atoms with van der Waals surface area (Å²) in [6.45, 7) is 3.88. The number of nitrogens with zero attached hydrogens (tertiary/aromatic N) is 1. The van der Waals surface area contributed by atoms with E-state index in [9.17, 15) is 19.8 Å². The molecule has 0 fully saturated rings. The first kappa shape index (κ1) is 26.5. The first-order chi connectivity index (χ1) is 17.2. The summed E-state index contributed by atoms with van der Waals surface area (Å²) in [5.41, 5.74) is 1.85. The third kappa shape index (κ3) is 5.39. The van der Waals surface area contributed by atoms with Crippen molar-refractivity contribution in [2.45, 2.75) is 51.0 Å². The normalized spacial score (nSPS) is 22.4. The second-order valence-corrected chi connectivity index (χ2v) is 10.4. The molecule has 3 N–H and O–H groups in total. The highest BCUT2D eigenvalue weighted by molar-refractivity contribution is 6.35. The molecule has 1 heterocycles. The number of amides is 2. The van der Waals surface area contributed by atoms with Gasteiger partial charge in [-0.25, -0.2) is 0 Å². The van der Waals surface area contributed by atoms with Crippen LogP contribution in [0.4, 0.5) is 0 Å². The number of nitrogens with one attached hydrogen (secondary N) is 1. The van der Waals surface area contributed by atoms with Crippen molar-refractivity contribution in [3.05, 3.63) is 75.3 Å². The van der Waals surface area contributed by atoms with Gasteiger partial charge in [0.05, 0.1) is 18.6 Å². The Labute approximate surface area is 220 Å². The van der Waals surface area contributed by atoms with E-state index in [0.717, 1.165) is 5.56 Å². The van der Waals surface area contributed by atoms with Crippen LogP contribution in [0.2, 0.25) is 10.0 Å². The highest BCUT2D eigenvalue weighted by atomic mass is 35.5. The van der Waals surface area contributed by atoms with E-state index >= 15 is 0 Å². The number of aliphatic hydroxyl groups is 2. The van der Waals surface area contributed by atoms with Crippen LogP contribution in [0.3, 0.4) is 0 Å². The molecule has 4 atom stereocenters. The third-order valence-electron chi connectivity index (χ3n) is 6.50. The zero-order valence-electron chi connectivity index (χ0n) is 20.2. The quantitative estimate of drug-likeness (QED) is 0.481. The summed E-state index contributed by atoms with van der Waals surface area (Å²) in [6.07, 6.45) is 0.0523. The fourth-order valence-corrected chi connectivity index (χ4v) is 5.32. The Hall–Kier alpha value is -2.58. The zero-order chi connectivity index (χ0) is 26.0. The molecule has 0 unspecified atom stereocenters. The Balaban J connectivity index is 1.77. The lowest BCUT2D eigenvalue weighted by atomic mass is 9.77. The predicted molar refractivity (Wildman–Crippen MR) is 138 cm³/mol. The van der Waals surface area contributed by atoms with Gasteiger partial charge in [0.25, 0.3) is 0 Å². The Bertz CT molecular complexity index is 1170. The highest BCUT2D eigenvalue weighted by Gasteiger charge is 2.50. The minimum absolute atomic E-state index is 0.0810. The minimum Gasteiger partial charge on any atom is -0.486 e. The van der Waals surface area contributed by atoms with Gasteiger partial charge in [-0.05, 0) is 35.8 Å². The first-order valence-electron chi connectivity index (χ1n) is 12.0. The van der Waals surface area contributed by atoms with Crippen molar-refractivity contribution in [3.8, 4) is 5.75 Å². The monoisotopic (exact) mass is 532 g/mol. The molecule has 1 aliphatic carbocycles. The summed E-state index contributed by atoms with van der Waals surface area (Å²) >= 11 is 12.5. The van der Waals surface area contributed by atoms with Crippen molar-refractivity contribution in [3.63, 3.8) is 0 Å². The Morgan fingerprint density at radius 3 is 2.61 bits per heavy atom. The number of ether oxygens (including phenoxy) is 1. The highest BCUT2D eigenvalue weighted by Crippen LogP contribution is 2.47. The summed E-state index contributed by atoms with van der Waals surface area (Å²) in [4.78, 5) is 28.3. The van der Waals surface area contributed by atoms with Gasteiger partial charge in [0.1, 0.15) is 18.0 Å². The van der Waals surface area contributed by atoms with Gasteiger partial charge < -0.3 is 25.2 Å². The number of hydrogen-bond acceptors (Lipinski definition) is 5. The minimum atomic E-state index is -1.10. The van der Waals surface area contributed by atoms with Crippen LogP contribution in [0.15, 0.2) is 54.1 Å². The van der Waals surface area contributed by atoms with Crippen LogP contribution in [-0.4, -0.2) is 58.3 Å². The van der Waals surface area contributed by atoms with E-state index in [1.54, 1.807) is 35.2 Å². The number of rotatable bonds is 8. The number of fused-ring (bicyclic) bond motifs is 3. The molecular formula is C27H30Cl2N2O5. The standard InChI is InChI=1S/C27H30Cl2N2O5/c1-15(2)11-23(33)31(14-16-7-8-17(28)12-20(16)29)21-13-19(27(35)30-9-10-32)24-18-5-3-4-6-22(18)36-26(24)25(21)34/h3-8,12-13,15,21,24-26,32,34H,9-11,14H2,1-2H3,(H,30,35)/t21-,24+,25+,26+/m1/s1. The number of halogens is 2. The largest absolute Gasteiger partial charge is 0.486 e. The molecule has 0 saturated heterocycles. The van der Waals surface area contributed by atoms with Gasteiger partial charge in [-0.1, -0.05) is 61.3 Å². The van der Waals surface area contributed by atoms with Crippen molar-refractivity contribution in [2.24, 2.45) is 5.92 Å². The van der Waals surface area contributed by atoms with E-state index in [1.807, 2.05) is 32.0 Å². The second-order valence-electron chi connectivity index (χ2n) is 9.54. The number of aliphatic hydroxyl groups excluding tert-OH is 2. The van der Waals surface area contributed by atoms with Gasteiger partial charge in [0.2, 0.25) is 11.8 Å². The fraction of sp³-hybridized carbons (Fsp3) is 0.407. The molecule has 36 heavy (non-hydrogen) atoms. The molecule has 2 aromatic carbocycles. The van der Waals surface area contributed by atoms with Crippen molar-refractivity contribution < 1.29 is 24.5 Å². The van der Waals surface area contributed by atoms with E-state index in [2.05, 4.69) is 5.32 Å². The lowest BCUT2D eigenvalue weighted by molar-refractivity contribution is -0.138. The summed E-state index contributed by atoms with van der Waals surface area (Å²) < 4.78 is 6.14. The summed E-state index contributed by atoms with van der Waals surface area (Å²) in [5.74, 6) is -0.393. The molecule has 4 rings (SSSR count). The second kappa shape index (κ2) is 11.2. The van der Waals surface area contributed by atoms with Crippen LogP contribution >= 0.6 is 23.2 Å². The molecule has 2 amide bonds. The summed E-state index contributed by atoms with van der Waals surface area (Å²) in [5, 5.41) is 24.4. The zero-order valence-corrected chi connectivity index (χ0v) is 21.7. The smallest absolute Gasteiger partial charge is 0.247 e. The van der Waals surface area contributed by atoms with E-state index in [1.165, 1.54) is 0 Å². The van der Waals surface area contributed by atoms with E-state index in [-0.39, 0.29) is 43.8 Å². The molecule has 1 aliphatic heterocycles. The van der Waals surface area contributed by atoms with E-state index < -0.39 is 24.2 Å². The molecule has 0 radical (unpaired) electrons. The lowest BCUT2D eigenvalue weighted by Crippen LogP contribution is -2.55. The average Bonchev–Trinajstić information content (AvgIpc) is 3.22. The van der Waals surface area contributed by atoms with Gasteiger partial charge in [-0.3, -0.25) is 9.59 Å². The average molecular weight is 533 g/mol. The maximum atomic E-state index is 13.5. The molecule has 0 saturated carbocycles. The molecule has 0 spiro atoms. The predicted octanol–water partition coefficient (Wildman–Crippen LogP) is 3.69. The molecule has 0 bridgehead atoms. The fourth-order valence-electron chi connectivity index (χ4n) is 4.85.